The van der Waals surface area contributed by atoms with E-state index in [1.165, 1.54) is 4.31 Å². The number of benzene rings is 1. The first kappa shape index (κ1) is 14.7. The molecule has 1 rings (SSSR count). The highest BCUT2D eigenvalue weighted by molar-refractivity contribution is 9.10. The molecule has 0 radical (unpaired) electrons. The highest BCUT2D eigenvalue weighted by Gasteiger charge is 2.25. The van der Waals surface area contributed by atoms with Crippen molar-refractivity contribution in [1.82, 2.24) is 4.31 Å². The second kappa shape index (κ2) is 5.50. The summed E-state index contributed by atoms with van der Waals surface area (Å²) in [5.41, 5.74) is 0.767. The minimum atomic E-state index is -3.40. The number of rotatable bonds is 4. The predicted molar refractivity (Wildman–Crippen MR) is 73.6 cm³/mol. The van der Waals surface area contributed by atoms with E-state index in [-0.39, 0.29) is 6.04 Å². The van der Waals surface area contributed by atoms with Crippen LogP contribution in [0.5, 0.6) is 0 Å². The summed E-state index contributed by atoms with van der Waals surface area (Å²) in [6.07, 6.45) is 0.794. The lowest BCUT2D eigenvalue weighted by Crippen LogP contribution is -2.35. The van der Waals surface area contributed by atoms with Gasteiger partial charge in [-0.1, -0.05) is 28.9 Å². The molecule has 1 aromatic rings. The van der Waals surface area contributed by atoms with Crippen molar-refractivity contribution in [2.75, 3.05) is 7.05 Å². The summed E-state index contributed by atoms with van der Waals surface area (Å²) in [6, 6.07) is 5.31. The topological polar surface area (TPSA) is 37.4 Å². The smallest absolute Gasteiger partial charge is 0.207 e. The van der Waals surface area contributed by atoms with Crippen molar-refractivity contribution in [2.45, 2.75) is 38.1 Å². The quantitative estimate of drug-likeness (QED) is 0.854. The minimum Gasteiger partial charge on any atom is -0.207 e. The first-order valence-electron chi connectivity index (χ1n) is 5.55. The maximum absolute atomic E-state index is 12.4. The lowest BCUT2D eigenvalue weighted by Gasteiger charge is -2.24. The number of hydrogen-bond acceptors (Lipinski definition) is 2. The van der Waals surface area contributed by atoms with Crippen molar-refractivity contribution in [1.29, 1.82) is 0 Å². The molecule has 0 fully saturated rings. The van der Waals surface area contributed by atoms with E-state index in [9.17, 15) is 8.42 Å². The zero-order valence-corrected chi connectivity index (χ0v) is 13.0. The third-order valence-electron chi connectivity index (χ3n) is 3.02. The van der Waals surface area contributed by atoms with Gasteiger partial charge in [-0.15, -0.1) is 0 Å². The van der Waals surface area contributed by atoms with Gasteiger partial charge in [-0.25, -0.2) is 8.42 Å². The van der Waals surface area contributed by atoms with E-state index >= 15 is 0 Å². The summed E-state index contributed by atoms with van der Waals surface area (Å²) in [5.74, 6) is 0. The summed E-state index contributed by atoms with van der Waals surface area (Å²) in [6.45, 7) is 5.69. The monoisotopic (exact) mass is 319 g/mol. The van der Waals surface area contributed by atoms with E-state index < -0.39 is 10.0 Å². The standard InChI is InChI=1S/C12H18BrNO2S/c1-5-10(3)14(4)17(15,16)12-8-11(13)7-6-9(12)2/h6-8,10H,5H2,1-4H3. The number of nitrogens with zero attached hydrogens (tertiary/aromatic N) is 1. The first-order valence-corrected chi connectivity index (χ1v) is 7.78. The van der Waals surface area contributed by atoms with Crippen LogP contribution in [-0.4, -0.2) is 25.8 Å². The largest absolute Gasteiger partial charge is 0.243 e. The van der Waals surface area contributed by atoms with Gasteiger partial charge in [0.2, 0.25) is 10.0 Å². The zero-order valence-electron chi connectivity index (χ0n) is 10.6. The van der Waals surface area contributed by atoms with Crippen LogP contribution in [0.25, 0.3) is 0 Å². The van der Waals surface area contributed by atoms with Gasteiger partial charge in [0.05, 0.1) is 4.90 Å². The molecule has 0 aliphatic rings. The van der Waals surface area contributed by atoms with Gasteiger partial charge in [-0.05, 0) is 38.0 Å². The molecule has 1 aromatic carbocycles. The highest BCUT2D eigenvalue weighted by atomic mass is 79.9. The molecule has 0 N–H and O–H groups in total. The normalized spacial score (nSPS) is 14.0. The molecule has 0 aromatic heterocycles. The molecule has 1 unspecified atom stereocenters. The van der Waals surface area contributed by atoms with Crippen LogP contribution < -0.4 is 0 Å². The molecule has 96 valence electrons. The van der Waals surface area contributed by atoms with E-state index in [1.807, 2.05) is 26.8 Å². The van der Waals surface area contributed by atoms with Crippen LogP contribution in [0.1, 0.15) is 25.8 Å². The van der Waals surface area contributed by atoms with Crippen molar-refractivity contribution in [3.8, 4) is 0 Å². The SMILES string of the molecule is CCC(C)N(C)S(=O)(=O)c1cc(Br)ccc1C. The molecule has 5 heteroatoms. The Bertz CT molecular complexity index is 499. The van der Waals surface area contributed by atoms with Gasteiger partial charge in [0.25, 0.3) is 0 Å². The average Bonchev–Trinajstić information content (AvgIpc) is 2.30. The Kier molecular flexibility index (Phi) is 4.75. The van der Waals surface area contributed by atoms with Gasteiger partial charge >= 0.3 is 0 Å². The molecule has 3 nitrogen and oxygen atoms in total. The Hall–Kier alpha value is -0.390. The fraction of sp³-hybridized carbons (Fsp3) is 0.500. The molecule has 0 aliphatic heterocycles. The molecule has 0 heterocycles. The van der Waals surface area contributed by atoms with Crippen LogP contribution in [0, 0.1) is 6.92 Å². The van der Waals surface area contributed by atoms with Gasteiger partial charge in [0, 0.05) is 17.6 Å². The third kappa shape index (κ3) is 3.09. The van der Waals surface area contributed by atoms with E-state index in [2.05, 4.69) is 15.9 Å². The second-order valence-electron chi connectivity index (χ2n) is 4.19. The fourth-order valence-electron chi connectivity index (χ4n) is 1.50. The van der Waals surface area contributed by atoms with E-state index in [4.69, 9.17) is 0 Å². The van der Waals surface area contributed by atoms with Crippen LogP contribution >= 0.6 is 15.9 Å². The highest BCUT2D eigenvalue weighted by Crippen LogP contribution is 2.24. The Morgan fingerprint density at radius 2 is 2.00 bits per heavy atom. The molecule has 17 heavy (non-hydrogen) atoms. The lowest BCUT2D eigenvalue weighted by molar-refractivity contribution is 0.380. The summed E-state index contributed by atoms with van der Waals surface area (Å²) in [7, 11) is -1.77. The minimum absolute atomic E-state index is 0.00150. The van der Waals surface area contributed by atoms with Crippen LogP contribution in [-0.2, 0) is 10.0 Å². The lowest BCUT2D eigenvalue weighted by atomic mass is 10.2. The summed E-state index contributed by atoms with van der Waals surface area (Å²) in [5, 5.41) is 0. The second-order valence-corrected chi connectivity index (χ2v) is 7.07. The molecular weight excluding hydrogens is 302 g/mol. The van der Waals surface area contributed by atoms with E-state index in [1.54, 1.807) is 19.2 Å². The van der Waals surface area contributed by atoms with Gasteiger partial charge < -0.3 is 0 Å². The maximum atomic E-state index is 12.4. The number of hydrogen-bond donors (Lipinski definition) is 0. The van der Waals surface area contributed by atoms with Crippen LogP contribution in [0.2, 0.25) is 0 Å². The Morgan fingerprint density at radius 3 is 2.53 bits per heavy atom. The van der Waals surface area contributed by atoms with Crippen LogP contribution in [0.15, 0.2) is 27.6 Å². The van der Waals surface area contributed by atoms with Crippen molar-refractivity contribution >= 4 is 26.0 Å². The van der Waals surface area contributed by atoms with Crippen LogP contribution in [0.3, 0.4) is 0 Å². The van der Waals surface area contributed by atoms with Crippen LogP contribution in [0.4, 0.5) is 0 Å². The number of aryl methyl sites for hydroxylation is 1. The van der Waals surface area contributed by atoms with Gasteiger partial charge in [-0.2, -0.15) is 4.31 Å². The van der Waals surface area contributed by atoms with E-state index in [0.29, 0.717) is 4.90 Å². The molecule has 0 saturated carbocycles. The molecule has 0 amide bonds. The number of halogens is 1. The third-order valence-corrected chi connectivity index (χ3v) is 5.63. The van der Waals surface area contributed by atoms with Crippen molar-refractivity contribution in [3.05, 3.63) is 28.2 Å². The van der Waals surface area contributed by atoms with Gasteiger partial charge in [0.1, 0.15) is 0 Å². The maximum Gasteiger partial charge on any atom is 0.243 e. The molecule has 0 aliphatic carbocycles. The Labute approximate surface area is 112 Å². The van der Waals surface area contributed by atoms with Crippen molar-refractivity contribution in [3.63, 3.8) is 0 Å². The molecule has 0 bridgehead atoms. The fourth-order valence-corrected chi connectivity index (χ4v) is 3.70. The Balaban J connectivity index is 3.26. The molecule has 1 atom stereocenters. The van der Waals surface area contributed by atoms with Gasteiger partial charge in [0.15, 0.2) is 0 Å². The first-order chi connectivity index (χ1) is 7.80. The summed E-state index contributed by atoms with van der Waals surface area (Å²) < 4.78 is 27.0. The zero-order chi connectivity index (χ0) is 13.2. The van der Waals surface area contributed by atoms with Gasteiger partial charge in [-0.3, -0.25) is 0 Å². The average molecular weight is 320 g/mol. The molecule has 0 spiro atoms. The summed E-state index contributed by atoms with van der Waals surface area (Å²) >= 11 is 3.31. The predicted octanol–water partition coefficient (Wildman–Crippen LogP) is 3.18. The Morgan fingerprint density at radius 1 is 1.41 bits per heavy atom. The van der Waals surface area contributed by atoms with Crippen molar-refractivity contribution in [2.24, 2.45) is 0 Å². The van der Waals surface area contributed by atoms with Crippen molar-refractivity contribution < 1.29 is 8.42 Å². The molecule has 0 saturated heterocycles. The molecular formula is C12H18BrNO2S. The summed E-state index contributed by atoms with van der Waals surface area (Å²) in [4.78, 5) is 0.370. The van der Waals surface area contributed by atoms with E-state index in [0.717, 1.165) is 16.5 Å². The number of sulfonamides is 1.